The third-order valence-corrected chi connectivity index (χ3v) is 6.36. The van der Waals surface area contributed by atoms with Gasteiger partial charge in [0, 0.05) is 19.4 Å². The molecule has 9 nitrogen and oxygen atoms in total. The Morgan fingerprint density at radius 1 is 0.694 bits per heavy atom. The predicted molar refractivity (Wildman–Crippen MR) is 142 cm³/mol. The summed E-state index contributed by atoms with van der Waals surface area (Å²) in [6, 6.07) is -1.81. The lowest BCUT2D eigenvalue weighted by Gasteiger charge is -2.18. The molecule has 0 spiro atoms. The second kappa shape index (κ2) is 23.3. The van der Waals surface area contributed by atoms with Gasteiger partial charge in [-0.1, -0.05) is 84.0 Å². The van der Waals surface area contributed by atoms with Crippen molar-refractivity contribution in [1.29, 1.82) is 0 Å². The highest BCUT2D eigenvalue weighted by atomic mass is 16.4. The maximum absolute atomic E-state index is 12.4. The summed E-state index contributed by atoms with van der Waals surface area (Å²) in [4.78, 5) is 46.4. The summed E-state index contributed by atoms with van der Waals surface area (Å²) in [6.07, 6.45) is 17.4. The summed E-state index contributed by atoms with van der Waals surface area (Å²) in [5.74, 6) is -2.74. The highest BCUT2D eigenvalue weighted by Crippen LogP contribution is 2.13. The Labute approximate surface area is 217 Å². The molecular formula is C27H51N3O6. The van der Waals surface area contributed by atoms with Gasteiger partial charge in [-0.3, -0.25) is 19.2 Å². The first-order valence-corrected chi connectivity index (χ1v) is 14.0. The Morgan fingerprint density at radius 2 is 1.22 bits per heavy atom. The fraction of sp³-hybridized carbons (Fsp3) is 0.852. The zero-order valence-electron chi connectivity index (χ0n) is 22.4. The molecule has 2 atom stereocenters. The van der Waals surface area contributed by atoms with Gasteiger partial charge in [-0.25, -0.2) is 0 Å². The van der Waals surface area contributed by atoms with Gasteiger partial charge in [-0.2, -0.15) is 0 Å². The maximum atomic E-state index is 12.4. The van der Waals surface area contributed by atoms with E-state index in [0.29, 0.717) is 32.2 Å². The lowest BCUT2D eigenvalue weighted by molar-refractivity contribution is -0.139. The van der Waals surface area contributed by atoms with Gasteiger partial charge in [0.15, 0.2) is 0 Å². The minimum absolute atomic E-state index is 0.0232. The molecule has 0 heterocycles. The largest absolute Gasteiger partial charge is 0.481 e. The first-order chi connectivity index (χ1) is 17.3. The zero-order valence-corrected chi connectivity index (χ0v) is 22.4. The first kappa shape index (κ1) is 33.8. The van der Waals surface area contributed by atoms with Crippen LogP contribution in [0.5, 0.6) is 0 Å². The van der Waals surface area contributed by atoms with Crippen molar-refractivity contribution in [1.82, 2.24) is 10.6 Å². The van der Waals surface area contributed by atoms with E-state index in [1.54, 1.807) is 0 Å². The smallest absolute Gasteiger partial charge is 0.320 e. The fourth-order valence-corrected chi connectivity index (χ4v) is 4.05. The predicted octanol–water partition coefficient (Wildman–Crippen LogP) is 4.52. The Balaban J connectivity index is 4.00. The van der Waals surface area contributed by atoms with Gasteiger partial charge in [0.1, 0.15) is 12.1 Å². The third-order valence-electron chi connectivity index (χ3n) is 6.36. The Bertz CT molecular complexity index is 614. The van der Waals surface area contributed by atoms with Crippen molar-refractivity contribution < 1.29 is 29.4 Å². The molecule has 0 radical (unpaired) electrons. The van der Waals surface area contributed by atoms with Crippen LogP contribution in [0.1, 0.15) is 129 Å². The number of carbonyl (C=O) groups is 4. The molecule has 0 aliphatic carbocycles. The minimum Gasteiger partial charge on any atom is -0.481 e. The van der Waals surface area contributed by atoms with Crippen molar-refractivity contribution >= 4 is 23.8 Å². The highest BCUT2D eigenvalue weighted by Gasteiger charge is 2.21. The average molecular weight is 514 g/mol. The van der Waals surface area contributed by atoms with Crippen LogP contribution in [-0.2, 0) is 19.2 Å². The van der Waals surface area contributed by atoms with Gasteiger partial charge < -0.3 is 26.6 Å². The van der Waals surface area contributed by atoms with Crippen LogP contribution in [0.2, 0.25) is 0 Å². The number of unbranched alkanes of at least 4 members (excludes halogenated alkanes) is 13. The second-order valence-corrected chi connectivity index (χ2v) is 9.78. The standard InChI is InChI=1S/C27H51N3O6/c1-2-3-4-5-6-7-8-9-10-11-12-13-14-18-24(31)30-23(19-20-25(32)33)26(34)29-21-16-15-17-22(28)27(35)36/h22-23H,2-21,28H2,1H3,(H,29,34)(H,30,31)(H,32,33)(H,35,36). The molecule has 0 aromatic rings. The van der Waals surface area contributed by atoms with E-state index in [4.69, 9.17) is 15.9 Å². The summed E-state index contributed by atoms with van der Waals surface area (Å²) in [5, 5.41) is 23.1. The number of rotatable bonds is 25. The molecule has 9 heteroatoms. The molecule has 0 bridgehead atoms. The average Bonchev–Trinajstić information content (AvgIpc) is 2.83. The van der Waals surface area contributed by atoms with E-state index in [1.807, 2.05) is 0 Å². The van der Waals surface area contributed by atoms with Crippen molar-refractivity contribution in [3.05, 3.63) is 0 Å². The lowest BCUT2D eigenvalue weighted by atomic mass is 10.0. The monoisotopic (exact) mass is 513 g/mol. The fourth-order valence-electron chi connectivity index (χ4n) is 4.05. The van der Waals surface area contributed by atoms with Crippen LogP contribution >= 0.6 is 0 Å². The van der Waals surface area contributed by atoms with Crippen LogP contribution in [0.15, 0.2) is 0 Å². The first-order valence-electron chi connectivity index (χ1n) is 14.0. The quantitative estimate of drug-likeness (QED) is 0.112. The van der Waals surface area contributed by atoms with Crippen LogP contribution < -0.4 is 16.4 Å². The van der Waals surface area contributed by atoms with Crippen molar-refractivity contribution in [2.24, 2.45) is 5.73 Å². The molecule has 36 heavy (non-hydrogen) atoms. The molecule has 2 amide bonds. The maximum Gasteiger partial charge on any atom is 0.320 e. The number of carbonyl (C=O) groups excluding carboxylic acids is 2. The second-order valence-electron chi connectivity index (χ2n) is 9.78. The summed E-state index contributed by atoms with van der Waals surface area (Å²) >= 11 is 0. The van der Waals surface area contributed by atoms with Crippen molar-refractivity contribution in [2.75, 3.05) is 6.54 Å². The molecule has 0 saturated carbocycles. The van der Waals surface area contributed by atoms with E-state index in [-0.39, 0.29) is 18.7 Å². The normalized spacial score (nSPS) is 12.6. The van der Waals surface area contributed by atoms with Crippen LogP contribution in [0.3, 0.4) is 0 Å². The third kappa shape index (κ3) is 21.1. The van der Waals surface area contributed by atoms with Crippen LogP contribution in [0.4, 0.5) is 0 Å². The number of carboxylic acid groups (broad SMARTS) is 2. The molecule has 0 aliphatic rings. The minimum atomic E-state index is -1.06. The van der Waals surface area contributed by atoms with Crippen LogP contribution in [0, 0.1) is 0 Å². The highest BCUT2D eigenvalue weighted by molar-refractivity contribution is 5.88. The van der Waals surface area contributed by atoms with Gasteiger partial charge in [0.05, 0.1) is 0 Å². The molecule has 0 fully saturated rings. The van der Waals surface area contributed by atoms with Crippen molar-refractivity contribution in [3.63, 3.8) is 0 Å². The Hall–Kier alpha value is -2.16. The molecule has 0 aliphatic heterocycles. The van der Waals surface area contributed by atoms with Crippen molar-refractivity contribution in [3.8, 4) is 0 Å². The molecule has 0 aromatic carbocycles. The molecule has 0 aromatic heterocycles. The Kier molecular flexibility index (Phi) is 21.9. The van der Waals surface area contributed by atoms with E-state index in [1.165, 1.54) is 64.2 Å². The van der Waals surface area contributed by atoms with E-state index < -0.39 is 29.9 Å². The van der Waals surface area contributed by atoms with Gasteiger partial charge in [-0.15, -0.1) is 0 Å². The SMILES string of the molecule is CCCCCCCCCCCCCCCC(=O)NC(CCC(=O)O)C(=O)NCCCCC(N)C(=O)O. The summed E-state index contributed by atoms with van der Waals surface area (Å²) in [6.45, 7) is 2.55. The summed E-state index contributed by atoms with van der Waals surface area (Å²) in [5.41, 5.74) is 5.45. The van der Waals surface area contributed by atoms with E-state index in [9.17, 15) is 19.2 Å². The molecule has 210 valence electrons. The number of nitrogens with two attached hydrogens (primary N) is 1. The van der Waals surface area contributed by atoms with E-state index in [0.717, 1.165) is 19.3 Å². The number of nitrogens with one attached hydrogen (secondary N) is 2. The summed E-state index contributed by atoms with van der Waals surface area (Å²) < 4.78 is 0. The molecule has 2 unspecified atom stereocenters. The van der Waals surface area contributed by atoms with Gasteiger partial charge in [0.25, 0.3) is 0 Å². The number of aliphatic carboxylic acids is 2. The molecule has 0 saturated heterocycles. The number of carboxylic acids is 2. The van der Waals surface area contributed by atoms with Crippen molar-refractivity contribution in [2.45, 2.75) is 141 Å². The Morgan fingerprint density at radius 3 is 1.72 bits per heavy atom. The molecular weight excluding hydrogens is 462 g/mol. The number of amides is 2. The van der Waals surface area contributed by atoms with Gasteiger partial charge in [-0.05, 0) is 32.1 Å². The molecule has 0 rings (SSSR count). The number of hydrogen-bond acceptors (Lipinski definition) is 5. The zero-order chi connectivity index (χ0) is 27.0. The number of hydrogen-bond donors (Lipinski definition) is 5. The van der Waals surface area contributed by atoms with Gasteiger partial charge >= 0.3 is 11.9 Å². The topological polar surface area (TPSA) is 159 Å². The van der Waals surface area contributed by atoms with Gasteiger partial charge in [0.2, 0.25) is 11.8 Å². The van der Waals surface area contributed by atoms with E-state index >= 15 is 0 Å². The lowest BCUT2D eigenvalue weighted by Crippen LogP contribution is -2.47. The van der Waals surface area contributed by atoms with Crippen LogP contribution in [-0.4, -0.2) is 52.6 Å². The summed E-state index contributed by atoms with van der Waals surface area (Å²) in [7, 11) is 0. The van der Waals surface area contributed by atoms with E-state index in [2.05, 4.69) is 17.6 Å². The van der Waals surface area contributed by atoms with Crippen LogP contribution in [0.25, 0.3) is 0 Å². The molecule has 6 N–H and O–H groups in total.